The standard InChI is InChI=1S/C20H22F3N5O3S/c1-6-32(29,30)15-7-12(31-19(3,4)11(2)24)9-26-17(15)18-27-13-8-16(20(21,22)23)25-10-14(13)28(18)5/h7-10,24H,6H2,1-5H3. The van der Waals surface area contributed by atoms with E-state index in [1.807, 2.05) is 0 Å². The maximum absolute atomic E-state index is 13.0. The van der Waals surface area contributed by atoms with E-state index in [9.17, 15) is 21.6 Å². The van der Waals surface area contributed by atoms with Crippen LogP contribution >= 0.6 is 0 Å². The van der Waals surface area contributed by atoms with Crippen LogP contribution in [0, 0.1) is 5.41 Å². The van der Waals surface area contributed by atoms with Crippen molar-refractivity contribution in [2.45, 2.75) is 44.4 Å². The number of nitrogens with one attached hydrogen (secondary N) is 1. The molecule has 12 heteroatoms. The number of hydrogen-bond donors (Lipinski definition) is 1. The fraction of sp³-hybridized carbons (Fsp3) is 0.400. The van der Waals surface area contributed by atoms with E-state index in [1.54, 1.807) is 20.8 Å². The zero-order chi connectivity index (χ0) is 24.1. The predicted molar refractivity (Wildman–Crippen MR) is 113 cm³/mol. The number of hydrogen-bond acceptors (Lipinski definition) is 7. The van der Waals surface area contributed by atoms with Crippen LogP contribution in [0.15, 0.2) is 29.4 Å². The van der Waals surface area contributed by atoms with Gasteiger partial charge >= 0.3 is 6.18 Å². The number of aromatic nitrogens is 4. The molecule has 3 heterocycles. The van der Waals surface area contributed by atoms with Gasteiger partial charge in [0.15, 0.2) is 15.7 Å². The van der Waals surface area contributed by atoms with Gasteiger partial charge < -0.3 is 14.7 Å². The Bertz CT molecular complexity index is 1310. The number of rotatable bonds is 6. The van der Waals surface area contributed by atoms with Crippen molar-refractivity contribution in [1.29, 1.82) is 5.41 Å². The molecule has 172 valence electrons. The van der Waals surface area contributed by atoms with Gasteiger partial charge in [-0.15, -0.1) is 0 Å². The molecule has 0 aliphatic heterocycles. The highest BCUT2D eigenvalue weighted by atomic mass is 32.2. The lowest BCUT2D eigenvalue weighted by molar-refractivity contribution is -0.141. The van der Waals surface area contributed by atoms with Crippen LogP contribution in [0.4, 0.5) is 13.2 Å². The molecule has 0 atom stereocenters. The molecule has 0 radical (unpaired) electrons. The lowest BCUT2D eigenvalue weighted by Crippen LogP contribution is -2.35. The Morgan fingerprint density at radius 2 is 1.84 bits per heavy atom. The molecule has 1 N–H and O–H groups in total. The minimum atomic E-state index is -4.64. The molecular formula is C20H22F3N5O3S. The lowest BCUT2D eigenvalue weighted by atomic mass is 10.0. The van der Waals surface area contributed by atoms with E-state index < -0.39 is 27.3 Å². The maximum Gasteiger partial charge on any atom is 0.433 e. The molecule has 3 aromatic rings. The van der Waals surface area contributed by atoms with E-state index >= 15 is 0 Å². The number of pyridine rings is 2. The molecule has 3 rings (SSSR count). The molecule has 0 saturated carbocycles. The fourth-order valence-electron chi connectivity index (χ4n) is 2.87. The first-order chi connectivity index (χ1) is 14.7. The summed E-state index contributed by atoms with van der Waals surface area (Å²) in [5.41, 5.74) is -1.59. The topological polar surface area (TPSA) is 111 Å². The number of fused-ring (bicyclic) bond motifs is 1. The van der Waals surface area contributed by atoms with E-state index in [1.165, 1.54) is 30.8 Å². The second-order valence-electron chi connectivity index (χ2n) is 7.71. The summed E-state index contributed by atoms with van der Waals surface area (Å²) < 4.78 is 71.9. The first-order valence-electron chi connectivity index (χ1n) is 9.55. The van der Waals surface area contributed by atoms with Crippen LogP contribution in [0.3, 0.4) is 0 Å². The second kappa shape index (κ2) is 7.84. The Morgan fingerprint density at radius 3 is 2.41 bits per heavy atom. The summed E-state index contributed by atoms with van der Waals surface area (Å²) in [7, 11) is -2.27. The molecule has 32 heavy (non-hydrogen) atoms. The number of aryl methyl sites for hydroxylation is 1. The first kappa shape index (κ1) is 23.6. The third-order valence-corrected chi connectivity index (χ3v) is 6.83. The number of ether oxygens (including phenoxy) is 1. The van der Waals surface area contributed by atoms with Gasteiger partial charge in [-0.3, -0.25) is 0 Å². The van der Waals surface area contributed by atoms with Gasteiger partial charge in [-0.25, -0.2) is 23.4 Å². The van der Waals surface area contributed by atoms with Gasteiger partial charge in [0.2, 0.25) is 0 Å². The molecule has 8 nitrogen and oxygen atoms in total. The van der Waals surface area contributed by atoms with Gasteiger partial charge in [-0.05, 0) is 26.8 Å². The molecule has 0 bridgehead atoms. The number of nitrogens with zero attached hydrogens (tertiary/aromatic N) is 4. The van der Waals surface area contributed by atoms with Gasteiger partial charge in [0.25, 0.3) is 0 Å². The molecule has 0 aromatic carbocycles. The third-order valence-electron chi connectivity index (χ3n) is 5.09. The maximum atomic E-state index is 13.0. The van der Waals surface area contributed by atoms with Gasteiger partial charge in [-0.1, -0.05) is 6.92 Å². The summed E-state index contributed by atoms with van der Waals surface area (Å²) >= 11 is 0. The Kier molecular flexibility index (Phi) is 5.79. The number of imidazole rings is 1. The van der Waals surface area contributed by atoms with Gasteiger partial charge in [0.05, 0.1) is 29.2 Å². The van der Waals surface area contributed by atoms with Crippen molar-refractivity contribution < 1.29 is 26.3 Å². The van der Waals surface area contributed by atoms with Crippen molar-refractivity contribution in [2.75, 3.05) is 5.75 Å². The third kappa shape index (κ3) is 4.31. The molecule has 0 fully saturated rings. The summed E-state index contributed by atoms with van der Waals surface area (Å²) in [5, 5.41) is 7.82. The molecular weight excluding hydrogens is 447 g/mol. The highest BCUT2D eigenvalue weighted by Crippen LogP contribution is 2.34. The largest absolute Gasteiger partial charge is 0.480 e. The monoisotopic (exact) mass is 469 g/mol. The molecule has 0 amide bonds. The Balaban J connectivity index is 2.22. The van der Waals surface area contributed by atoms with Crippen molar-refractivity contribution in [2.24, 2.45) is 7.05 Å². The number of sulfone groups is 1. The van der Waals surface area contributed by atoms with Crippen LogP contribution in [0.2, 0.25) is 0 Å². The smallest absolute Gasteiger partial charge is 0.433 e. The summed E-state index contributed by atoms with van der Waals surface area (Å²) in [6.07, 6.45) is -2.30. The van der Waals surface area contributed by atoms with Crippen LogP contribution in [0.25, 0.3) is 22.6 Å². The van der Waals surface area contributed by atoms with Crippen LogP contribution in [-0.4, -0.2) is 45.0 Å². The normalized spacial score (nSPS) is 12.9. The van der Waals surface area contributed by atoms with Crippen molar-refractivity contribution in [3.63, 3.8) is 0 Å². The van der Waals surface area contributed by atoms with E-state index in [0.29, 0.717) is 0 Å². The van der Waals surface area contributed by atoms with E-state index in [4.69, 9.17) is 10.1 Å². The Labute approximate surface area is 182 Å². The zero-order valence-electron chi connectivity index (χ0n) is 18.1. The zero-order valence-corrected chi connectivity index (χ0v) is 18.9. The highest BCUT2D eigenvalue weighted by molar-refractivity contribution is 7.91. The minimum absolute atomic E-state index is 0.00682. The van der Waals surface area contributed by atoms with Crippen molar-refractivity contribution in [3.8, 4) is 17.3 Å². The van der Waals surface area contributed by atoms with E-state index in [2.05, 4.69) is 15.0 Å². The molecule has 0 unspecified atom stereocenters. The summed E-state index contributed by atoms with van der Waals surface area (Å²) in [5.74, 6) is -0.0265. The van der Waals surface area contributed by atoms with Crippen LogP contribution in [0.1, 0.15) is 33.4 Å². The fourth-order valence-corrected chi connectivity index (χ4v) is 3.91. The average Bonchev–Trinajstić information content (AvgIpc) is 3.03. The molecule has 0 saturated heterocycles. The first-order valence-corrected chi connectivity index (χ1v) is 11.2. The highest BCUT2D eigenvalue weighted by Gasteiger charge is 2.33. The van der Waals surface area contributed by atoms with Gasteiger partial charge in [0, 0.05) is 18.8 Å². The Hall–Kier alpha value is -3.02. The van der Waals surface area contributed by atoms with E-state index in [0.717, 1.165) is 12.3 Å². The molecule has 0 aliphatic carbocycles. The summed E-state index contributed by atoms with van der Waals surface area (Å²) in [4.78, 5) is 11.7. The number of halogens is 3. The van der Waals surface area contributed by atoms with Crippen LogP contribution < -0.4 is 4.74 Å². The summed E-state index contributed by atoms with van der Waals surface area (Å²) in [6.45, 7) is 6.35. The minimum Gasteiger partial charge on any atom is -0.480 e. The van der Waals surface area contributed by atoms with Gasteiger partial charge in [0.1, 0.15) is 27.6 Å². The SMILES string of the molecule is CCS(=O)(=O)c1cc(OC(C)(C)C(C)=N)cnc1-c1nc2cc(C(F)(F)F)ncc2n1C. The average molecular weight is 469 g/mol. The second-order valence-corrected chi connectivity index (χ2v) is 9.96. The molecule has 0 aliphatic rings. The van der Waals surface area contributed by atoms with Crippen LogP contribution in [0.5, 0.6) is 5.75 Å². The van der Waals surface area contributed by atoms with Gasteiger partial charge in [-0.2, -0.15) is 13.2 Å². The molecule has 3 aromatic heterocycles. The Morgan fingerprint density at radius 1 is 1.19 bits per heavy atom. The number of alkyl halides is 3. The molecule has 0 spiro atoms. The summed E-state index contributed by atoms with van der Waals surface area (Å²) in [6, 6.07) is 2.10. The van der Waals surface area contributed by atoms with Crippen LogP contribution in [-0.2, 0) is 23.1 Å². The predicted octanol–water partition coefficient (Wildman–Crippen LogP) is 4.04. The van der Waals surface area contributed by atoms with Crippen molar-refractivity contribution >= 4 is 26.6 Å². The lowest BCUT2D eigenvalue weighted by Gasteiger charge is -2.25. The van der Waals surface area contributed by atoms with Crippen molar-refractivity contribution in [1.82, 2.24) is 19.5 Å². The van der Waals surface area contributed by atoms with Crippen molar-refractivity contribution in [3.05, 3.63) is 30.2 Å². The van der Waals surface area contributed by atoms with E-state index in [-0.39, 0.29) is 44.7 Å². The quantitative estimate of drug-likeness (QED) is 0.546.